The van der Waals surface area contributed by atoms with Crippen molar-refractivity contribution in [3.63, 3.8) is 0 Å². The summed E-state index contributed by atoms with van der Waals surface area (Å²) in [5, 5.41) is 12.7. The first-order valence-corrected chi connectivity index (χ1v) is 6.91. The molecular weight excluding hydrogens is 214 g/mol. The molecule has 3 nitrogen and oxygen atoms in total. The fourth-order valence-electron chi connectivity index (χ4n) is 2.09. The molecule has 0 aromatic carbocycles. The molecule has 17 heavy (non-hydrogen) atoms. The minimum atomic E-state index is -0.216. The third kappa shape index (κ3) is 8.58. The first-order chi connectivity index (χ1) is 7.93. The van der Waals surface area contributed by atoms with Crippen LogP contribution in [0.5, 0.6) is 0 Å². The van der Waals surface area contributed by atoms with Crippen LogP contribution in [0.4, 0.5) is 0 Å². The molecule has 0 heterocycles. The minimum absolute atomic E-state index is 0.153. The van der Waals surface area contributed by atoms with Crippen LogP contribution < -0.4 is 5.32 Å². The number of aliphatic hydroxyl groups is 1. The first kappa shape index (κ1) is 16.9. The second-order valence-electron chi connectivity index (χ2n) is 5.67. The molecule has 0 amide bonds. The van der Waals surface area contributed by atoms with Crippen LogP contribution in [-0.2, 0) is 4.74 Å². The van der Waals surface area contributed by atoms with E-state index in [1.165, 1.54) is 6.42 Å². The lowest BCUT2D eigenvalue weighted by molar-refractivity contribution is 0.0259. The van der Waals surface area contributed by atoms with E-state index in [0.717, 1.165) is 31.9 Å². The molecule has 3 heteroatoms. The van der Waals surface area contributed by atoms with Crippen LogP contribution in [0.25, 0.3) is 0 Å². The molecule has 0 bridgehead atoms. The predicted octanol–water partition coefficient (Wildman–Crippen LogP) is 2.58. The molecule has 2 unspecified atom stereocenters. The van der Waals surface area contributed by atoms with Crippen LogP contribution in [0, 0.1) is 5.92 Å². The summed E-state index contributed by atoms with van der Waals surface area (Å²) in [7, 11) is 0. The maximum absolute atomic E-state index is 9.39. The van der Waals surface area contributed by atoms with E-state index in [2.05, 4.69) is 33.0 Å². The SMILES string of the molecule is CCNC(C)(CO)CC(C)OCCCC(C)C. The van der Waals surface area contributed by atoms with Gasteiger partial charge in [0.05, 0.1) is 12.7 Å². The molecule has 0 aliphatic carbocycles. The Balaban J connectivity index is 3.79. The molecular formula is C14H31NO2. The Kier molecular flexibility index (Phi) is 8.83. The van der Waals surface area contributed by atoms with Gasteiger partial charge < -0.3 is 15.2 Å². The average Bonchev–Trinajstić information content (AvgIpc) is 2.24. The number of rotatable bonds is 10. The normalized spacial score (nSPS) is 17.1. The van der Waals surface area contributed by atoms with Crippen molar-refractivity contribution in [1.82, 2.24) is 5.32 Å². The molecule has 0 saturated carbocycles. The largest absolute Gasteiger partial charge is 0.394 e. The number of aliphatic hydroxyl groups excluding tert-OH is 1. The molecule has 0 saturated heterocycles. The first-order valence-electron chi connectivity index (χ1n) is 6.91. The zero-order valence-electron chi connectivity index (χ0n) is 12.3. The van der Waals surface area contributed by atoms with Crippen molar-refractivity contribution in [3.05, 3.63) is 0 Å². The third-order valence-corrected chi connectivity index (χ3v) is 3.02. The molecule has 0 aromatic heterocycles. The maximum Gasteiger partial charge on any atom is 0.0611 e. The Hall–Kier alpha value is -0.120. The number of nitrogens with one attached hydrogen (secondary N) is 1. The lowest BCUT2D eigenvalue weighted by Crippen LogP contribution is -2.48. The lowest BCUT2D eigenvalue weighted by Gasteiger charge is -2.31. The maximum atomic E-state index is 9.39. The second-order valence-corrected chi connectivity index (χ2v) is 5.67. The van der Waals surface area contributed by atoms with Crippen molar-refractivity contribution in [1.29, 1.82) is 0 Å². The van der Waals surface area contributed by atoms with Gasteiger partial charge in [-0.1, -0.05) is 20.8 Å². The van der Waals surface area contributed by atoms with E-state index in [4.69, 9.17) is 4.74 Å². The summed E-state index contributed by atoms with van der Waals surface area (Å²) in [5.74, 6) is 0.748. The van der Waals surface area contributed by atoms with Gasteiger partial charge in [-0.3, -0.25) is 0 Å². The van der Waals surface area contributed by atoms with Crippen LogP contribution >= 0.6 is 0 Å². The van der Waals surface area contributed by atoms with Gasteiger partial charge in [0.25, 0.3) is 0 Å². The summed E-state index contributed by atoms with van der Waals surface area (Å²) in [4.78, 5) is 0. The summed E-state index contributed by atoms with van der Waals surface area (Å²) >= 11 is 0. The van der Waals surface area contributed by atoms with Crippen LogP contribution in [0.15, 0.2) is 0 Å². The highest BCUT2D eigenvalue weighted by molar-refractivity contribution is 4.83. The van der Waals surface area contributed by atoms with E-state index in [1.54, 1.807) is 0 Å². The van der Waals surface area contributed by atoms with Crippen molar-refractivity contribution in [2.45, 2.75) is 65.5 Å². The van der Waals surface area contributed by atoms with Crippen LogP contribution in [-0.4, -0.2) is 36.5 Å². The molecule has 0 fully saturated rings. The van der Waals surface area contributed by atoms with Gasteiger partial charge in [0.1, 0.15) is 0 Å². The fraction of sp³-hybridized carbons (Fsp3) is 1.00. The van der Waals surface area contributed by atoms with Crippen molar-refractivity contribution in [2.75, 3.05) is 19.8 Å². The standard InChI is InChI=1S/C14H31NO2/c1-6-15-14(5,11-16)10-13(4)17-9-7-8-12(2)3/h12-13,15-16H,6-11H2,1-5H3. The second kappa shape index (κ2) is 8.90. The monoisotopic (exact) mass is 245 g/mol. The van der Waals surface area contributed by atoms with Crippen LogP contribution in [0.3, 0.4) is 0 Å². The van der Waals surface area contributed by atoms with Gasteiger partial charge in [-0.25, -0.2) is 0 Å². The Morgan fingerprint density at radius 3 is 2.41 bits per heavy atom. The summed E-state index contributed by atoms with van der Waals surface area (Å²) in [6, 6.07) is 0. The van der Waals surface area contributed by atoms with Gasteiger partial charge in [-0.2, -0.15) is 0 Å². The van der Waals surface area contributed by atoms with Gasteiger partial charge >= 0.3 is 0 Å². The van der Waals surface area contributed by atoms with Crippen LogP contribution in [0.1, 0.15) is 53.9 Å². The van der Waals surface area contributed by atoms with E-state index >= 15 is 0 Å². The Morgan fingerprint density at radius 1 is 1.29 bits per heavy atom. The van der Waals surface area contributed by atoms with E-state index in [-0.39, 0.29) is 18.2 Å². The molecule has 0 aliphatic rings. The molecule has 0 aliphatic heterocycles. The number of hydrogen-bond acceptors (Lipinski definition) is 3. The number of ether oxygens (including phenoxy) is 1. The smallest absolute Gasteiger partial charge is 0.0611 e. The highest BCUT2D eigenvalue weighted by Gasteiger charge is 2.24. The minimum Gasteiger partial charge on any atom is -0.394 e. The summed E-state index contributed by atoms with van der Waals surface area (Å²) < 4.78 is 5.79. The van der Waals surface area contributed by atoms with Crippen molar-refractivity contribution in [3.8, 4) is 0 Å². The zero-order chi connectivity index (χ0) is 13.3. The van der Waals surface area contributed by atoms with Gasteiger partial charge in [-0.05, 0) is 45.6 Å². The molecule has 0 rings (SSSR count). The summed E-state index contributed by atoms with van der Waals surface area (Å²) in [5.41, 5.74) is -0.216. The van der Waals surface area contributed by atoms with Crippen molar-refractivity contribution in [2.24, 2.45) is 5.92 Å². The predicted molar refractivity (Wildman–Crippen MR) is 73.3 cm³/mol. The molecule has 0 aromatic rings. The number of hydrogen-bond donors (Lipinski definition) is 2. The van der Waals surface area contributed by atoms with Gasteiger partial charge in [-0.15, -0.1) is 0 Å². The van der Waals surface area contributed by atoms with Crippen molar-refractivity contribution < 1.29 is 9.84 Å². The highest BCUT2D eigenvalue weighted by Crippen LogP contribution is 2.14. The van der Waals surface area contributed by atoms with E-state index in [9.17, 15) is 5.11 Å². The zero-order valence-corrected chi connectivity index (χ0v) is 12.3. The van der Waals surface area contributed by atoms with E-state index in [1.807, 2.05) is 6.92 Å². The quantitative estimate of drug-likeness (QED) is 0.581. The molecule has 0 radical (unpaired) electrons. The topological polar surface area (TPSA) is 41.5 Å². The van der Waals surface area contributed by atoms with E-state index < -0.39 is 0 Å². The van der Waals surface area contributed by atoms with Gasteiger partial charge in [0.2, 0.25) is 0 Å². The van der Waals surface area contributed by atoms with Gasteiger partial charge in [0.15, 0.2) is 0 Å². The molecule has 0 spiro atoms. The van der Waals surface area contributed by atoms with Crippen LogP contribution in [0.2, 0.25) is 0 Å². The number of likely N-dealkylation sites (N-methyl/N-ethyl adjacent to an activating group) is 1. The average molecular weight is 245 g/mol. The highest BCUT2D eigenvalue weighted by atomic mass is 16.5. The Bertz CT molecular complexity index is 185. The molecule has 2 atom stereocenters. The molecule has 2 N–H and O–H groups in total. The van der Waals surface area contributed by atoms with Gasteiger partial charge in [0, 0.05) is 12.1 Å². The fourth-order valence-corrected chi connectivity index (χ4v) is 2.09. The van der Waals surface area contributed by atoms with Crippen molar-refractivity contribution >= 4 is 0 Å². The van der Waals surface area contributed by atoms with E-state index in [0.29, 0.717) is 0 Å². The third-order valence-electron chi connectivity index (χ3n) is 3.02. The summed E-state index contributed by atoms with van der Waals surface area (Å²) in [6.45, 7) is 12.5. The Morgan fingerprint density at radius 2 is 1.94 bits per heavy atom. The Labute approximate surface area is 107 Å². The lowest BCUT2D eigenvalue weighted by atomic mass is 9.95. The molecule has 104 valence electrons. The summed E-state index contributed by atoms with van der Waals surface area (Å²) in [6.07, 6.45) is 3.38.